The number of thiocarbonyl (C=S) groups is 1. The molecular formula is C19H38N2O4S. The van der Waals surface area contributed by atoms with Crippen LogP contribution >= 0.6 is 12.2 Å². The summed E-state index contributed by atoms with van der Waals surface area (Å²) in [6, 6.07) is -1.37. The highest BCUT2D eigenvalue weighted by Gasteiger charge is 2.47. The highest BCUT2D eigenvalue weighted by molar-refractivity contribution is 7.80. The molecule has 1 aliphatic heterocycles. The van der Waals surface area contributed by atoms with Crippen molar-refractivity contribution in [2.24, 2.45) is 0 Å². The minimum Gasteiger partial charge on any atom is -0.394 e. The van der Waals surface area contributed by atoms with E-state index in [0.717, 1.165) is 12.8 Å². The Hall–Kier alpha value is -0.470. The molecule has 1 rings (SSSR count). The lowest BCUT2D eigenvalue weighted by molar-refractivity contribution is 0.0130. The molecule has 7 heteroatoms. The Kier molecular flexibility index (Phi) is 12.4. The van der Waals surface area contributed by atoms with E-state index in [2.05, 4.69) is 12.2 Å². The van der Waals surface area contributed by atoms with Gasteiger partial charge in [0.2, 0.25) is 0 Å². The zero-order chi connectivity index (χ0) is 19.4. The van der Waals surface area contributed by atoms with E-state index in [9.17, 15) is 20.4 Å². The van der Waals surface area contributed by atoms with Crippen LogP contribution in [0.5, 0.6) is 0 Å². The molecule has 0 aromatic heterocycles. The third kappa shape index (κ3) is 7.27. The molecule has 4 atom stereocenters. The van der Waals surface area contributed by atoms with E-state index in [1.807, 2.05) is 0 Å². The van der Waals surface area contributed by atoms with E-state index in [-0.39, 0.29) is 13.2 Å². The van der Waals surface area contributed by atoms with Crippen molar-refractivity contribution in [1.29, 1.82) is 0 Å². The van der Waals surface area contributed by atoms with Gasteiger partial charge in [-0.15, -0.1) is 0 Å². The van der Waals surface area contributed by atoms with Crippen molar-refractivity contribution in [3.05, 3.63) is 0 Å². The van der Waals surface area contributed by atoms with Crippen LogP contribution in [0.1, 0.15) is 71.1 Å². The van der Waals surface area contributed by atoms with Gasteiger partial charge in [0.1, 0.15) is 12.2 Å². The minimum absolute atomic E-state index is 0.325. The monoisotopic (exact) mass is 390 g/mol. The number of nitrogens with one attached hydrogen (secondary N) is 1. The molecule has 0 aromatic rings. The van der Waals surface area contributed by atoms with Gasteiger partial charge in [-0.2, -0.15) is 0 Å². The van der Waals surface area contributed by atoms with Crippen molar-refractivity contribution in [2.45, 2.75) is 95.4 Å². The largest absolute Gasteiger partial charge is 0.394 e. The molecule has 0 aliphatic carbocycles. The maximum Gasteiger partial charge on any atom is 0.169 e. The first-order valence-electron chi connectivity index (χ1n) is 10.2. The molecule has 5 N–H and O–H groups in total. The van der Waals surface area contributed by atoms with E-state index >= 15 is 0 Å². The minimum atomic E-state index is -1.12. The maximum absolute atomic E-state index is 9.99. The summed E-state index contributed by atoms with van der Waals surface area (Å²) in [5.41, 5.74) is 0. The van der Waals surface area contributed by atoms with Crippen molar-refractivity contribution in [3.8, 4) is 0 Å². The average molecular weight is 391 g/mol. The fourth-order valence-electron chi connectivity index (χ4n) is 3.62. The molecule has 0 spiro atoms. The summed E-state index contributed by atoms with van der Waals surface area (Å²) in [6.45, 7) is 2.31. The number of hydrogen-bond donors (Lipinski definition) is 5. The van der Waals surface area contributed by atoms with Gasteiger partial charge in [0.25, 0.3) is 0 Å². The summed E-state index contributed by atoms with van der Waals surface area (Å²) in [5, 5.41) is 42.4. The molecule has 0 radical (unpaired) electrons. The number of nitrogens with zero attached hydrogens (tertiary/aromatic N) is 1. The van der Waals surface area contributed by atoms with Crippen LogP contribution in [0.15, 0.2) is 0 Å². The number of aliphatic hydroxyl groups is 4. The number of rotatable bonds is 13. The summed E-state index contributed by atoms with van der Waals surface area (Å²) in [5.74, 6) is 0. The molecule has 6 nitrogen and oxygen atoms in total. The Labute approximate surface area is 163 Å². The van der Waals surface area contributed by atoms with Gasteiger partial charge in [-0.25, -0.2) is 0 Å². The van der Waals surface area contributed by atoms with Gasteiger partial charge in [0.15, 0.2) is 5.11 Å². The second kappa shape index (κ2) is 13.7. The normalized spacial score (nSPS) is 25.7. The number of likely N-dealkylation sites (tertiary alicyclic amines) is 1. The van der Waals surface area contributed by atoms with Gasteiger partial charge in [0.05, 0.1) is 25.3 Å². The Bertz CT molecular complexity index is 371. The number of unbranched alkanes of at least 4 members (excludes halogenated alkanes) is 9. The van der Waals surface area contributed by atoms with Crippen LogP contribution in [-0.2, 0) is 0 Å². The Morgan fingerprint density at radius 3 is 1.65 bits per heavy atom. The van der Waals surface area contributed by atoms with E-state index in [1.54, 1.807) is 4.90 Å². The van der Waals surface area contributed by atoms with Crippen molar-refractivity contribution in [3.63, 3.8) is 0 Å². The quantitative estimate of drug-likeness (QED) is 0.240. The lowest BCUT2D eigenvalue weighted by Crippen LogP contribution is -2.51. The van der Waals surface area contributed by atoms with Gasteiger partial charge < -0.3 is 30.6 Å². The summed E-state index contributed by atoms with van der Waals surface area (Å²) < 4.78 is 0. The van der Waals surface area contributed by atoms with Gasteiger partial charge in [-0.1, -0.05) is 64.7 Å². The second-order valence-electron chi connectivity index (χ2n) is 7.30. The van der Waals surface area contributed by atoms with Crippen LogP contribution in [0.25, 0.3) is 0 Å². The fraction of sp³-hybridized carbons (Fsp3) is 0.947. The molecule has 0 amide bonds. The second-order valence-corrected chi connectivity index (χ2v) is 7.69. The smallest absolute Gasteiger partial charge is 0.169 e. The molecule has 1 heterocycles. The summed E-state index contributed by atoms with van der Waals surface area (Å²) in [4.78, 5) is 1.54. The first-order chi connectivity index (χ1) is 12.6. The predicted molar refractivity (Wildman–Crippen MR) is 108 cm³/mol. The van der Waals surface area contributed by atoms with E-state index in [0.29, 0.717) is 11.7 Å². The standard InChI is InChI=1S/C19H38N2O4S/c1-2-3-4-5-6-7-8-9-10-11-12-20-19(26)21-15(13-22)17(24)18(25)16(21)14-23/h15-18,22-25H,2-14H2,1H3,(H,20,26)/t15-,16-,17-,18-/m0/s1. The van der Waals surface area contributed by atoms with E-state index in [1.165, 1.54) is 51.4 Å². The van der Waals surface area contributed by atoms with Crippen molar-refractivity contribution < 1.29 is 20.4 Å². The third-order valence-electron chi connectivity index (χ3n) is 5.27. The van der Waals surface area contributed by atoms with Crippen LogP contribution in [0, 0.1) is 0 Å². The maximum atomic E-state index is 9.99. The first kappa shape index (κ1) is 23.6. The highest BCUT2D eigenvalue weighted by atomic mass is 32.1. The molecule has 26 heavy (non-hydrogen) atoms. The summed E-state index contributed by atoms with van der Waals surface area (Å²) in [6.07, 6.45) is 10.4. The van der Waals surface area contributed by atoms with Crippen molar-refractivity contribution in [2.75, 3.05) is 19.8 Å². The summed E-state index contributed by atoms with van der Waals surface area (Å²) in [7, 11) is 0. The molecule has 1 aliphatic rings. The Morgan fingerprint density at radius 1 is 0.808 bits per heavy atom. The molecule has 0 saturated carbocycles. The van der Waals surface area contributed by atoms with Crippen LogP contribution in [0.3, 0.4) is 0 Å². The van der Waals surface area contributed by atoms with Crippen LogP contribution in [0.2, 0.25) is 0 Å². The topological polar surface area (TPSA) is 96.2 Å². The highest BCUT2D eigenvalue weighted by Crippen LogP contribution is 2.25. The van der Waals surface area contributed by atoms with Gasteiger partial charge in [-0.05, 0) is 18.6 Å². The molecular weight excluding hydrogens is 352 g/mol. The summed E-state index contributed by atoms with van der Waals surface area (Å²) >= 11 is 5.35. The zero-order valence-corrected chi connectivity index (χ0v) is 17.0. The lowest BCUT2D eigenvalue weighted by atomic mass is 10.1. The van der Waals surface area contributed by atoms with Crippen LogP contribution in [-0.4, -0.2) is 74.5 Å². The lowest BCUT2D eigenvalue weighted by Gasteiger charge is -2.31. The molecule has 0 aromatic carbocycles. The van der Waals surface area contributed by atoms with E-state index < -0.39 is 24.3 Å². The van der Waals surface area contributed by atoms with Gasteiger partial charge >= 0.3 is 0 Å². The van der Waals surface area contributed by atoms with Gasteiger partial charge in [-0.3, -0.25) is 0 Å². The van der Waals surface area contributed by atoms with Gasteiger partial charge in [0, 0.05) is 6.54 Å². The molecule has 0 unspecified atom stereocenters. The van der Waals surface area contributed by atoms with E-state index in [4.69, 9.17) is 12.2 Å². The SMILES string of the molecule is CCCCCCCCCCCCNC(=S)N1[C@@H](CO)[C@H](O)[C@@H](O)[C@@H]1CO. The average Bonchev–Trinajstić information content (AvgIpc) is 2.89. The molecule has 0 bridgehead atoms. The predicted octanol–water partition coefficient (Wildman–Crippen LogP) is 1.54. The van der Waals surface area contributed by atoms with Crippen LogP contribution < -0.4 is 5.32 Å². The number of aliphatic hydroxyl groups excluding tert-OH is 4. The first-order valence-corrected chi connectivity index (χ1v) is 10.6. The third-order valence-corrected chi connectivity index (χ3v) is 5.62. The van der Waals surface area contributed by atoms with Crippen LogP contribution in [0.4, 0.5) is 0 Å². The van der Waals surface area contributed by atoms with Crippen molar-refractivity contribution >= 4 is 17.3 Å². The number of hydrogen-bond acceptors (Lipinski definition) is 5. The molecule has 154 valence electrons. The fourth-order valence-corrected chi connectivity index (χ4v) is 4.00. The molecule has 1 saturated heterocycles. The molecule has 1 fully saturated rings. The Balaban J connectivity index is 2.16. The van der Waals surface area contributed by atoms with Crippen molar-refractivity contribution in [1.82, 2.24) is 10.2 Å². The zero-order valence-electron chi connectivity index (χ0n) is 16.1. The Morgan fingerprint density at radius 2 is 1.23 bits per heavy atom.